The number of nitrogens with zero attached hydrogens (tertiary/aromatic N) is 5. The van der Waals surface area contributed by atoms with Crippen molar-refractivity contribution in [3.63, 3.8) is 0 Å². The maximum Gasteiger partial charge on any atom is 0.280 e. The summed E-state index contributed by atoms with van der Waals surface area (Å²) in [7, 11) is 0. The van der Waals surface area contributed by atoms with E-state index in [0.717, 1.165) is 42.0 Å². The first-order chi connectivity index (χ1) is 20.1. The largest absolute Gasteiger partial charge is 0.379 e. The predicted molar refractivity (Wildman–Crippen MR) is 151 cm³/mol. The minimum Gasteiger partial charge on any atom is -0.379 e. The van der Waals surface area contributed by atoms with Gasteiger partial charge in [-0.2, -0.15) is 15.2 Å². The number of carbonyl (C=O) groups is 1. The van der Waals surface area contributed by atoms with Gasteiger partial charge >= 0.3 is 0 Å². The van der Waals surface area contributed by atoms with E-state index < -0.39 is 17.6 Å². The summed E-state index contributed by atoms with van der Waals surface area (Å²) in [6.07, 6.45) is 5.70. The number of hydrogen-bond donors (Lipinski definition) is 0. The van der Waals surface area contributed by atoms with Gasteiger partial charge in [-0.15, -0.1) is 0 Å². The SMILES string of the molecule is O=C1C2=CC(Cc3ccc(-n4cccn4)cc3)c3c(F)ccc(F)c3C2=NN1c1ccccc1CN1CCOCC1. The van der Waals surface area contributed by atoms with E-state index >= 15 is 8.78 Å². The van der Waals surface area contributed by atoms with Crippen LogP contribution >= 0.6 is 0 Å². The third kappa shape index (κ3) is 4.67. The number of anilines is 1. The van der Waals surface area contributed by atoms with Crippen molar-refractivity contribution < 1.29 is 18.3 Å². The molecule has 0 bridgehead atoms. The molecule has 1 amide bonds. The summed E-state index contributed by atoms with van der Waals surface area (Å²) in [5, 5.41) is 10.2. The molecule has 3 heterocycles. The number of ether oxygens (including phenoxy) is 1. The van der Waals surface area contributed by atoms with E-state index in [0.29, 0.717) is 37.4 Å². The molecule has 1 aliphatic carbocycles. The lowest BCUT2D eigenvalue weighted by atomic mass is 9.79. The first-order valence-electron chi connectivity index (χ1n) is 13.7. The molecule has 0 radical (unpaired) electrons. The van der Waals surface area contributed by atoms with Crippen LogP contribution < -0.4 is 5.01 Å². The molecule has 3 aromatic carbocycles. The van der Waals surface area contributed by atoms with Crippen LogP contribution in [-0.4, -0.2) is 52.6 Å². The van der Waals surface area contributed by atoms with Gasteiger partial charge < -0.3 is 4.74 Å². The molecule has 1 aromatic heterocycles. The van der Waals surface area contributed by atoms with E-state index in [-0.39, 0.29) is 22.7 Å². The number of benzene rings is 3. The fourth-order valence-electron chi connectivity index (χ4n) is 5.84. The zero-order valence-electron chi connectivity index (χ0n) is 22.2. The number of aromatic nitrogens is 2. The molecule has 3 aliphatic rings. The van der Waals surface area contributed by atoms with Crippen LogP contribution in [0.15, 0.2) is 95.9 Å². The van der Waals surface area contributed by atoms with E-state index in [1.807, 2.05) is 60.8 Å². The third-order valence-corrected chi connectivity index (χ3v) is 7.87. The summed E-state index contributed by atoms with van der Waals surface area (Å²) in [5.41, 5.74) is 4.13. The Morgan fingerprint density at radius 2 is 1.71 bits per heavy atom. The fourth-order valence-corrected chi connectivity index (χ4v) is 5.84. The average Bonchev–Trinajstić information content (AvgIpc) is 3.65. The molecule has 9 heteroatoms. The van der Waals surface area contributed by atoms with Crippen molar-refractivity contribution in [2.75, 3.05) is 31.3 Å². The second-order valence-electron chi connectivity index (χ2n) is 10.4. The molecule has 1 saturated heterocycles. The van der Waals surface area contributed by atoms with Crippen molar-refractivity contribution in [3.05, 3.63) is 125 Å². The molecule has 7 nitrogen and oxygen atoms in total. The van der Waals surface area contributed by atoms with E-state index in [1.54, 1.807) is 17.0 Å². The number of allylic oxidation sites excluding steroid dienone is 1. The van der Waals surface area contributed by atoms with Crippen molar-refractivity contribution in [1.82, 2.24) is 14.7 Å². The molecule has 1 unspecified atom stereocenters. The Labute approximate surface area is 236 Å². The summed E-state index contributed by atoms with van der Waals surface area (Å²) in [6, 6.07) is 19.4. The van der Waals surface area contributed by atoms with Gasteiger partial charge in [-0.1, -0.05) is 36.4 Å². The summed E-state index contributed by atoms with van der Waals surface area (Å²) in [4.78, 5) is 16.1. The first kappa shape index (κ1) is 25.5. The fraction of sp³-hybridized carbons (Fsp3) is 0.219. The standard InChI is InChI=1S/C32H27F2N5O2/c33-26-10-11-27(34)30-29(26)23(18-21-6-8-24(9-7-21)38-13-3-12-35-38)19-25-31(30)36-39(32(25)40)28-5-2-1-4-22(28)20-37-14-16-41-17-15-37/h1-13,19,23H,14-18,20H2. The summed E-state index contributed by atoms with van der Waals surface area (Å²) in [6.45, 7) is 3.54. The van der Waals surface area contributed by atoms with Crippen LogP contribution in [0.4, 0.5) is 14.5 Å². The van der Waals surface area contributed by atoms with Crippen molar-refractivity contribution >= 4 is 17.3 Å². The summed E-state index contributed by atoms with van der Waals surface area (Å²) in [5.74, 6) is -2.00. The topological polar surface area (TPSA) is 63.0 Å². The molecule has 7 rings (SSSR count). The summed E-state index contributed by atoms with van der Waals surface area (Å²) < 4.78 is 38.0. The van der Waals surface area contributed by atoms with Gasteiger partial charge in [0.2, 0.25) is 0 Å². The van der Waals surface area contributed by atoms with Gasteiger partial charge in [-0.05, 0) is 53.9 Å². The lowest BCUT2D eigenvalue weighted by molar-refractivity contribution is -0.114. The van der Waals surface area contributed by atoms with Crippen LogP contribution in [-0.2, 0) is 22.5 Å². The Balaban J connectivity index is 1.25. The maximum atomic E-state index is 15.4. The van der Waals surface area contributed by atoms with Crippen molar-refractivity contribution in [1.29, 1.82) is 0 Å². The molecule has 1 fully saturated rings. The number of hydrogen-bond acceptors (Lipinski definition) is 5. The molecule has 0 N–H and O–H groups in total. The molecular weight excluding hydrogens is 524 g/mol. The smallest absolute Gasteiger partial charge is 0.280 e. The zero-order valence-corrected chi connectivity index (χ0v) is 22.2. The molecule has 2 aliphatic heterocycles. The van der Waals surface area contributed by atoms with Gasteiger partial charge in [0.1, 0.15) is 17.3 Å². The van der Waals surface area contributed by atoms with Gasteiger partial charge in [0.25, 0.3) is 5.91 Å². The van der Waals surface area contributed by atoms with Crippen LogP contribution in [0.3, 0.4) is 0 Å². The van der Waals surface area contributed by atoms with Crippen molar-refractivity contribution in [3.8, 4) is 5.69 Å². The Hall–Kier alpha value is -4.47. The lowest BCUT2D eigenvalue weighted by Crippen LogP contribution is -2.36. The molecule has 0 spiro atoms. The van der Waals surface area contributed by atoms with E-state index in [9.17, 15) is 4.79 Å². The van der Waals surface area contributed by atoms with Crippen LogP contribution in [0.2, 0.25) is 0 Å². The highest BCUT2D eigenvalue weighted by Gasteiger charge is 2.40. The molecule has 0 saturated carbocycles. The number of amides is 1. The van der Waals surface area contributed by atoms with E-state index in [4.69, 9.17) is 4.74 Å². The van der Waals surface area contributed by atoms with Gasteiger partial charge in [-0.25, -0.2) is 13.5 Å². The highest BCUT2D eigenvalue weighted by Crippen LogP contribution is 2.40. The van der Waals surface area contributed by atoms with Crippen LogP contribution in [0, 0.1) is 11.6 Å². The van der Waals surface area contributed by atoms with Gasteiger partial charge in [0.15, 0.2) is 0 Å². The van der Waals surface area contributed by atoms with Crippen molar-refractivity contribution in [2.45, 2.75) is 18.9 Å². The van der Waals surface area contributed by atoms with E-state index in [2.05, 4.69) is 15.1 Å². The monoisotopic (exact) mass is 551 g/mol. The maximum absolute atomic E-state index is 15.4. The molecule has 4 aromatic rings. The predicted octanol–water partition coefficient (Wildman–Crippen LogP) is 5.00. The van der Waals surface area contributed by atoms with Gasteiger partial charge in [0.05, 0.1) is 30.2 Å². The second-order valence-corrected chi connectivity index (χ2v) is 10.4. The Morgan fingerprint density at radius 1 is 0.927 bits per heavy atom. The molecule has 41 heavy (non-hydrogen) atoms. The lowest BCUT2D eigenvalue weighted by Gasteiger charge is -2.28. The quantitative estimate of drug-likeness (QED) is 0.339. The van der Waals surface area contributed by atoms with Gasteiger partial charge in [0, 0.05) is 49.1 Å². The minimum absolute atomic E-state index is 0.0576. The molecule has 206 valence electrons. The van der Waals surface area contributed by atoms with E-state index in [1.165, 1.54) is 5.01 Å². The highest BCUT2D eigenvalue weighted by atomic mass is 19.1. The van der Waals surface area contributed by atoms with Crippen LogP contribution in [0.5, 0.6) is 0 Å². The van der Waals surface area contributed by atoms with Crippen LogP contribution in [0.1, 0.15) is 28.2 Å². The van der Waals surface area contributed by atoms with Crippen molar-refractivity contribution in [2.24, 2.45) is 5.10 Å². The molecular formula is C32H27F2N5O2. The van der Waals surface area contributed by atoms with Crippen LogP contribution in [0.25, 0.3) is 5.69 Å². The zero-order chi connectivity index (χ0) is 27.9. The molecule has 1 atom stereocenters. The number of hydrazone groups is 1. The third-order valence-electron chi connectivity index (χ3n) is 7.87. The number of carbonyl (C=O) groups excluding carboxylic acids is 1. The first-order valence-corrected chi connectivity index (χ1v) is 13.7. The minimum atomic E-state index is -0.596. The average molecular weight is 552 g/mol. The summed E-state index contributed by atoms with van der Waals surface area (Å²) >= 11 is 0. The Morgan fingerprint density at radius 3 is 2.49 bits per heavy atom. The number of para-hydroxylation sites is 1. The number of rotatable bonds is 6. The second kappa shape index (κ2) is 10.5. The Kier molecular flexibility index (Phi) is 6.53. The number of morpholine rings is 1. The highest BCUT2D eigenvalue weighted by molar-refractivity contribution is 6.36. The Bertz CT molecular complexity index is 1670. The normalized spacial score (nSPS) is 18.6. The van der Waals surface area contributed by atoms with Gasteiger partial charge in [-0.3, -0.25) is 9.69 Å². The number of halogens is 2. The number of fused-ring (bicyclic) bond motifs is 3.